The van der Waals surface area contributed by atoms with Crippen molar-refractivity contribution < 1.29 is 19.4 Å². The number of hydrogen-bond donors (Lipinski definition) is 2. The van der Waals surface area contributed by atoms with Gasteiger partial charge in [0.2, 0.25) is 5.88 Å². The Morgan fingerprint density at radius 3 is 2.42 bits per heavy atom. The van der Waals surface area contributed by atoms with E-state index in [1.807, 2.05) is 0 Å². The summed E-state index contributed by atoms with van der Waals surface area (Å²) in [5, 5.41) is 15.7. The highest BCUT2D eigenvalue weighted by atomic mass is 16.5. The maximum Gasteiger partial charge on any atom is 0.356 e. The maximum absolute atomic E-state index is 11.2. The third-order valence-electron chi connectivity index (χ3n) is 2.23. The Morgan fingerprint density at radius 1 is 1.11 bits per heavy atom. The molecule has 1 aromatic heterocycles. The number of hydrogen-bond acceptors (Lipinski definition) is 5. The molecule has 1 heterocycles. The summed E-state index contributed by atoms with van der Waals surface area (Å²) in [5.74, 6) is -1.52. The summed E-state index contributed by atoms with van der Waals surface area (Å²) >= 11 is 0. The largest absolute Gasteiger partial charge is 0.476 e. The second kappa shape index (κ2) is 5.13. The van der Waals surface area contributed by atoms with E-state index in [2.05, 4.69) is 10.2 Å². The number of nitrogens with two attached hydrogens (primary N) is 1. The maximum atomic E-state index is 11.2. The van der Waals surface area contributed by atoms with E-state index < -0.39 is 11.9 Å². The second-order valence-corrected chi connectivity index (χ2v) is 3.52. The molecule has 0 saturated heterocycles. The van der Waals surface area contributed by atoms with Gasteiger partial charge in [-0.2, -0.15) is 0 Å². The standard InChI is InChI=1S/C12H9N3O4/c13-11(16)7-3-1-2-4-9(7)19-10-6-5-8(12(17)18)14-15-10/h1-6H,(H2,13,16)(H,17,18). The molecule has 0 bridgehead atoms. The zero-order valence-electron chi connectivity index (χ0n) is 9.61. The minimum atomic E-state index is -1.18. The van der Waals surface area contributed by atoms with Crippen LogP contribution in [0.4, 0.5) is 0 Å². The minimum Gasteiger partial charge on any atom is -0.476 e. The van der Waals surface area contributed by atoms with Crippen molar-refractivity contribution in [2.24, 2.45) is 5.73 Å². The lowest BCUT2D eigenvalue weighted by atomic mass is 10.2. The molecule has 0 spiro atoms. The molecule has 0 aliphatic rings. The van der Waals surface area contributed by atoms with Crippen molar-refractivity contribution in [3.63, 3.8) is 0 Å². The molecule has 3 N–H and O–H groups in total. The van der Waals surface area contributed by atoms with Crippen LogP contribution in [0.25, 0.3) is 0 Å². The van der Waals surface area contributed by atoms with Gasteiger partial charge in [0.1, 0.15) is 5.75 Å². The van der Waals surface area contributed by atoms with Crippen molar-refractivity contribution in [1.29, 1.82) is 0 Å². The highest BCUT2D eigenvalue weighted by Crippen LogP contribution is 2.22. The highest BCUT2D eigenvalue weighted by Gasteiger charge is 2.11. The van der Waals surface area contributed by atoms with Gasteiger partial charge in [-0.3, -0.25) is 4.79 Å². The van der Waals surface area contributed by atoms with Crippen molar-refractivity contribution in [1.82, 2.24) is 10.2 Å². The molecule has 19 heavy (non-hydrogen) atoms. The van der Waals surface area contributed by atoms with Gasteiger partial charge in [-0.05, 0) is 18.2 Å². The van der Waals surface area contributed by atoms with E-state index in [1.54, 1.807) is 18.2 Å². The summed E-state index contributed by atoms with van der Waals surface area (Å²) in [6.45, 7) is 0. The Labute approximate surface area is 107 Å². The van der Waals surface area contributed by atoms with E-state index >= 15 is 0 Å². The van der Waals surface area contributed by atoms with Crippen LogP contribution < -0.4 is 10.5 Å². The van der Waals surface area contributed by atoms with Crippen molar-refractivity contribution >= 4 is 11.9 Å². The van der Waals surface area contributed by atoms with Gasteiger partial charge >= 0.3 is 5.97 Å². The van der Waals surface area contributed by atoms with E-state index in [1.165, 1.54) is 18.2 Å². The Hall–Kier alpha value is -2.96. The van der Waals surface area contributed by atoms with Crippen LogP contribution in [0, 0.1) is 0 Å². The summed E-state index contributed by atoms with van der Waals surface area (Å²) in [6.07, 6.45) is 0. The van der Waals surface area contributed by atoms with Crippen LogP contribution in [0.1, 0.15) is 20.8 Å². The number of primary amides is 1. The number of carbonyl (C=O) groups is 2. The molecule has 96 valence electrons. The number of para-hydroxylation sites is 1. The molecule has 7 heteroatoms. The molecule has 0 fully saturated rings. The quantitative estimate of drug-likeness (QED) is 0.848. The summed E-state index contributed by atoms with van der Waals surface area (Å²) < 4.78 is 5.34. The third kappa shape index (κ3) is 2.83. The molecule has 0 aliphatic carbocycles. The second-order valence-electron chi connectivity index (χ2n) is 3.52. The van der Waals surface area contributed by atoms with Crippen LogP contribution in [0.2, 0.25) is 0 Å². The Bertz CT molecular complexity index is 625. The molecule has 1 aromatic carbocycles. The van der Waals surface area contributed by atoms with Crippen molar-refractivity contribution in [3.8, 4) is 11.6 Å². The summed E-state index contributed by atoms with van der Waals surface area (Å²) in [7, 11) is 0. The number of carbonyl (C=O) groups excluding carboxylic acids is 1. The third-order valence-corrected chi connectivity index (χ3v) is 2.23. The fraction of sp³-hybridized carbons (Fsp3) is 0. The highest BCUT2D eigenvalue weighted by molar-refractivity contribution is 5.95. The number of rotatable bonds is 4. The predicted octanol–water partition coefficient (Wildman–Crippen LogP) is 1.07. The van der Waals surface area contributed by atoms with Gasteiger partial charge < -0.3 is 15.6 Å². The number of carboxylic acid groups (broad SMARTS) is 1. The van der Waals surface area contributed by atoms with Crippen molar-refractivity contribution in [2.75, 3.05) is 0 Å². The molecule has 0 aliphatic heterocycles. The first-order chi connectivity index (χ1) is 9.08. The van der Waals surface area contributed by atoms with E-state index in [0.717, 1.165) is 0 Å². The zero-order chi connectivity index (χ0) is 13.8. The summed E-state index contributed by atoms with van der Waals surface area (Å²) in [4.78, 5) is 21.8. The fourth-order valence-electron chi connectivity index (χ4n) is 1.36. The molecular weight excluding hydrogens is 250 g/mol. The molecule has 0 unspecified atom stereocenters. The number of amides is 1. The zero-order valence-corrected chi connectivity index (χ0v) is 9.61. The number of aromatic carboxylic acids is 1. The van der Waals surface area contributed by atoms with E-state index in [-0.39, 0.29) is 22.9 Å². The van der Waals surface area contributed by atoms with Crippen molar-refractivity contribution in [3.05, 3.63) is 47.7 Å². The first-order valence-corrected chi connectivity index (χ1v) is 5.21. The summed E-state index contributed by atoms with van der Waals surface area (Å²) in [5.41, 5.74) is 5.20. The molecule has 7 nitrogen and oxygen atoms in total. The van der Waals surface area contributed by atoms with E-state index in [9.17, 15) is 9.59 Å². The Kier molecular flexibility index (Phi) is 3.37. The lowest BCUT2D eigenvalue weighted by Gasteiger charge is -2.07. The first kappa shape index (κ1) is 12.5. The van der Waals surface area contributed by atoms with Crippen LogP contribution in [0.15, 0.2) is 36.4 Å². The fourth-order valence-corrected chi connectivity index (χ4v) is 1.36. The lowest BCUT2D eigenvalue weighted by Crippen LogP contribution is -2.12. The monoisotopic (exact) mass is 259 g/mol. The number of carboxylic acids is 1. The number of benzene rings is 1. The number of nitrogens with zero attached hydrogens (tertiary/aromatic N) is 2. The molecular formula is C12H9N3O4. The van der Waals surface area contributed by atoms with Gasteiger partial charge in [-0.25, -0.2) is 4.79 Å². The van der Waals surface area contributed by atoms with Gasteiger partial charge in [0.05, 0.1) is 5.56 Å². The number of aromatic nitrogens is 2. The molecule has 0 atom stereocenters. The SMILES string of the molecule is NC(=O)c1ccccc1Oc1ccc(C(=O)O)nn1. The first-order valence-electron chi connectivity index (χ1n) is 5.21. The Balaban J connectivity index is 2.26. The van der Waals surface area contributed by atoms with Gasteiger partial charge in [-0.1, -0.05) is 12.1 Å². The van der Waals surface area contributed by atoms with E-state index in [0.29, 0.717) is 0 Å². The average Bonchev–Trinajstić information content (AvgIpc) is 2.39. The van der Waals surface area contributed by atoms with Gasteiger partial charge in [0.25, 0.3) is 5.91 Å². The number of ether oxygens (including phenoxy) is 1. The predicted molar refractivity (Wildman–Crippen MR) is 64.0 cm³/mol. The van der Waals surface area contributed by atoms with Gasteiger partial charge in [-0.15, -0.1) is 10.2 Å². The smallest absolute Gasteiger partial charge is 0.356 e. The van der Waals surface area contributed by atoms with Crippen LogP contribution >= 0.6 is 0 Å². The van der Waals surface area contributed by atoms with E-state index in [4.69, 9.17) is 15.6 Å². The Morgan fingerprint density at radius 2 is 1.84 bits per heavy atom. The average molecular weight is 259 g/mol. The van der Waals surface area contributed by atoms with Crippen LogP contribution in [0.3, 0.4) is 0 Å². The van der Waals surface area contributed by atoms with Crippen LogP contribution in [0.5, 0.6) is 11.6 Å². The normalized spacial score (nSPS) is 9.89. The summed E-state index contributed by atoms with van der Waals surface area (Å²) in [6, 6.07) is 8.96. The van der Waals surface area contributed by atoms with Gasteiger partial charge in [0.15, 0.2) is 5.69 Å². The van der Waals surface area contributed by atoms with Crippen LogP contribution in [-0.4, -0.2) is 27.2 Å². The molecule has 2 aromatic rings. The molecule has 2 rings (SSSR count). The lowest BCUT2D eigenvalue weighted by molar-refractivity contribution is 0.0689. The van der Waals surface area contributed by atoms with Gasteiger partial charge in [0, 0.05) is 6.07 Å². The molecule has 0 radical (unpaired) electrons. The van der Waals surface area contributed by atoms with Crippen LogP contribution in [-0.2, 0) is 0 Å². The minimum absolute atomic E-state index is 0.0682. The topological polar surface area (TPSA) is 115 Å². The van der Waals surface area contributed by atoms with Crippen molar-refractivity contribution in [2.45, 2.75) is 0 Å². The molecule has 1 amide bonds. The molecule has 0 saturated carbocycles.